The second kappa shape index (κ2) is 7.21. The lowest BCUT2D eigenvalue weighted by Gasteiger charge is -2.19. The molecule has 0 unspecified atom stereocenters. The van der Waals surface area contributed by atoms with E-state index in [1.54, 1.807) is 0 Å². The topological polar surface area (TPSA) is 24.5 Å². The number of rotatable bonds is 5. The summed E-state index contributed by atoms with van der Waals surface area (Å²) in [6, 6.07) is 0. The number of nitrogens with one attached hydrogen (secondary N) is 1. The molecule has 1 aliphatic rings. The summed E-state index contributed by atoms with van der Waals surface area (Å²) in [5, 5.41) is 3.40. The maximum Gasteiger partial charge on any atom is 0.0593 e. The molecule has 14 heavy (non-hydrogen) atoms. The van der Waals surface area contributed by atoms with E-state index in [0.29, 0.717) is 5.92 Å². The van der Waals surface area contributed by atoms with Crippen molar-refractivity contribution < 1.29 is 4.74 Å². The van der Waals surface area contributed by atoms with E-state index in [4.69, 9.17) is 4.74 Å². The third kappa shape index (κ3) is 5.58. The summed E-state index contributed by atoms with van der Waals surface area (Å²) in [7, 11) is 0. The van der Waals surface area contributed by atoms with Crippen molar-refractivity contribution in [3.8, 4) is 0 Å². The second-order valence-electron chi connectivity index (χ2n) is 4.41. The molecule has 3 heteroatoms. The van der Waals surface area contributed by atoms with Crippen LogP contribution in [0, 0.1) is 5.92 Å². The number of ether oxygens (including phenoxy) is 1. The van der Waals surface area contributed by atoms with Gasteiger partial charge in [0.15, 0.2) is 0 Å². The van der Waals surface area contributed by atoms with Gasteiger partial charge < -0.3 is 10.1 Å². The molecule has 0 amide bonds. The Labute approximate surface area is 87.8 Å². The first-order chi connectivity index (χ1) is 6.79. The number of hydrogen-bond acceptors (Lipinski definition) is 3. The highest BCUT2D eigenvalue weighted by Gasteiger charge is 2.07. The van der Waals surface area contributed by atoms with Crippen LogP contribution >= 0.6 is 0 Å². The van der Waals surface area contributed by atoms with Gasteiger partial charge in [-0.15, -0.1) is 0 Å². The smallest absolute Gasteiger partial charge is 0.0593 e. The van der Waals surface area contributed by atoms with Gasteiger partial charge in [0, 0.05) is 26.2 Å². The van der Waals surface area contributed by atoms with E-state index < -0.39 is 0 Å². The predicted molar refractivity (Wildman–Crippen MR) is 59.6 cm³/mol. The van der Waals surface area contributed by atoms with Gasteiger partial charge in [-0.2, -0.15) is 0 Å². The number of nitrogens with zero attached hydrogens (tertiary/aromatic N) is 1. The van der Waals surface area contributed by atoms with Crippen molar-refractivity contribution in [2.45, 2.75) is 20.3 Å². The summed E-state index contributed by atoms with van der Waals surface area (Å²) >= 11 is 0. The van der Waals surface area contributed by atoms with E-state index in [0.717, 1.165) is 26.3 Å². The van der Waals surface area contributed by atoms with Crippen molar-refractivity contribution >= 4 is 0 Å². The zero-order valence-corrected chi connectivity index (χ0v) is 9.59. The van der Waals surface area contributed by atoms with E-state index in [1.165, 1.54) is 26.1 Å². The Morgan fingerprint density at radius 3 is 2.93 bits per heavy atom. The molecule has 1 rings (SSSR count). The van der Waals surface area contributed by atoms with Crippen molar-refractivity contribution in [2.75, 3.05) is 45.9 Å². The SMILES string of the molecule is CC(C)COCCN1CCCNCC1. The molecule has 0 aliphatic carbocycles. The van der Waals surface area contributed by atoms with Gasteiger partial charge >= 0.3 is 0 Å². The molecule has 0 aromatic carbocycles. The average Bonchev–Trinajstić information content (AvgIpc) is 2.40. The Balaban J connectivity index is 1.99. The molecular weight excluding hydrogens is 176 g/mol. The van der Waals surface area contributed by atoms with Gasteiger partial charge in [0.2, 0.25) is 0 Å². The van der Waals surface area contributed by atoms with Crippen molar-refractivity contribution in [1.29, 1.82) is 0 Å². The van der Waals surface area contributed by atoms with E-state index in [2.05, 4.69) is 24.1 Å². The third-order valence-corrected chi connectivity index (χ3v) is 2.44. The summed E-state index contributed by atoms with van der Waals surface area (Å²) < 4.78 is 5.58. The van der Waals surface area contributed by atoms with Crippen LogP contribution in [-0.2, 0) is 4.74 Å². The first-order valence-corrected chi connectivity index (χ1v) is 5.80. The molecule has 3 nitrogen and oxygen atoms in total. The molecule has 84 valence electrons. The Bertz CT molecular complexity index is 131. The van der Waals surface area contributed by atoms with Crippen LogP contribution in [0.2, 0.25) is 0 Å². The van der Waals surface area contributed by atoms with Crippen LogP contribution in [0.1, 0.15) is 20.3 Å². The van der Waals surface area contributed by atoms with Crippen LogP contribution in [0.15, 0.2) is 0 Å². The standard InChI is InChI=1S/C11H24N2O/c1-11(2)10-14-9-8-13-6-3-4-12-5-7-13/h11-12H,3-10H2,1-2H3. The molecule has 0 spiro atoms. The van der Waals surface area contributed by atoms with Crippen LogP contribution in [0.25, 0.3) is 0 Å². The van der Waals surface area contributed by atoms with E-state index in [9.17, 15) is 0 Å². The largest absolute Gasteiger partial charge is 0.380 e. The van der Waals surface area contributed by atoms with Gasteiger partial charge in [-0.25, -0.2) is 0 Å². The first-order valence-electron chi connectivity index (χ1n) is 5.80. The van der Waals surface area contributed by atoms with Crippen molar-refractivity contribution in [3.05, 3.63) is 0 Å². The molecule has 0 bridgehead atoms. The first kappa shape index (κ1) is 12.0. The Morgan fingerprint density at radius 2 is 2.14 bits per heavy atom. The second-order valence-corrected chi connectivity index (χ2v) is 4.41. The lowest BCUT2D eigenvalue weighted by atomic mass is 10.2. The quantitative estimate of drug-likeness (QED) is 0.669. The highest BCUT2D eigenvalue weighted by Crippen LogP contribution is 1.96. The fourth-order valence-corrected chi connectivity index (χ4v) is 1.64. The maximum absolute atomic E-state index is 5.58. The van der Waals surface area contributed by atoms with Gasteiger partial charge in [-0.1, -0.05) is 13.8 Å². The fraction of sp³-hybridized carbons (Fsp3) is 1.00. The summed E-state index contributed by atoms with van der Waals surface area (Å²) in [4.78, 5) is 2.49. The van der Waals surface area contributed by atoms with Gasteiger partial charge in [0.1, 0.15) is 0 Å². The molecule has 0 radical (unpaired) electrons. The summed E-state index contributed by atoms with van der Waals surface area (Å²) in [5.41, 5.74) is 0. The molecule has 1 aliphatic heterocycles. The van der Waals surface area contributed by atoms with Gasteiger partial charge in [-0.3, -0.25) is 4.90 Å². The normalized spacial score (nSPS) is 19.9. The van der Waals surface area contributed by atoms with Crippen molar-refractivity contribution in [2.24, 2.45) is 5.92 Å². The minimum absolute atomic E-state index is 0.654. The fourth-order valence-electron chi connectivity index (χ4n) is 1.64. The van der Waals surface area contributed by atoms with Gasteiger partial charge in [-0.05, 0) is 25.4 Å². The minimum atomic E-state index is 0.654. The Hall–Kier alpha value is -0.120. The summed E-state index contributed by atoms with van der Waals surface area (Å²) in [6.07, 6.45) is 1.27. The minimum Gasteiger partial charge on any atom is -0.380 e. The van der Waals surface area contributed by atoms with Crippen LogP contribution in [-0.4, -0.2) is 50.8 Å². The Kier molecular flexibility index (Phi) is 6.15. The van der Waals surface area contributed by atoms with Crippen molar-refractivity contribution in [1.82, 2.24) is 10.2 Å². The molecular formula is C11H24N2O. The molecule has 0 aromatic rings. The van der Waals surface area contributed by atoms with Crippen LogP contribution < -0.4 is 5.32 Å². The lowest BCUT2D eigenvalue weighted by Crippen LogP contribution is -2.31. The lowest BCUT2D eigenvalue weighted by molar-refractivity contribution is 0.0871. The molecule has 1 saturated heterocycles. The van der Waals surface area contributed by atoms with E-state index in [1.807, 2.05) is 0 Å². The molecule has 1 heterocycles. The van der Waals surface area contributed by atoms with Gasteiger partial charge in [0.25, 0.3) is 0 Å². The maximum atomic E-state index is 5.58. The average molecular weight is 200 g/mol. The number of hydrogen-bond donors (Lipinski definition) is 1. The molecule has 1 N–H and O–H groups in total. The van der Waals surface area contributed by atoms with Crippen LogP contribution in [0.5, 0.6) is 0 Å². The third-order valence-electron chi connectivity index (χ3n) is 2.44. The van der Waals surface area contributed by atoms with Crippen molar-refractivity contribution in [3.63, 3.8) is 0 Å². The van der Waals surface area contributed by atoms with Gasteiger partial charge in [0.05, 0.1) is 6.61 Å². The highest BCUT2D eigenvalue weighted by atomic mass is 16.5. The van der Waals surface area contributed by atoms with Crippen LogP contribution in [0.4, 0.5) is 0 Å². The summed E-state index contributed by atoms with van der Waals surface area (Å²) in [5.74, 6) is 0.654. The van der Waals surface area contributed by atoms with E-state index in [-0.39, 0.29) is 0 Å². The molecule has 0 aromatic heterocycles. The zero-order valence-electron chi connectivity index (χ0n) is 9.59. The zero-order chi connectivity index (χ0) is 10.2. The summed E-state index contributed by atoms with van der Waals surface area (Å²) in [6.45, 7) is 11.9. The highest BCUT2D eigenvalue weighted by molar-refractivity contribution is 4.65. The predicted octanol–water partition coefficient (Wildman–Crippen LogP) is 0.954. The Morgan fingerprint density at radius 1 is 1.29 bits per heavy atom. The van der Waals surface area contributed by atoms with E-state index >= 15 is 0 Å². The monoisotopic (exact) mass is 200 g/mol. The van der Waals surface area contributed by atoms with Crippen LogP contribution in [0.3, 0.4) is 0 Å². The molecule has 0 atom stereocenters. The molecule has 1 fully saturated rings. The molecule has 0 saturated carbocycles.